The minimum atomic E-state index is -3.92. The Kier molecular flexibility index (Phi) is 6.81. The van der Waals surface area contributed by atoms with Gasteiger partial charge in [-0.3, -0.25) is 0 Å². The molecule has 0 amide bonds. The molecule has 128 valence electrons. The van der Waals surface area contributed by atoms with Crippen molar-refractivity contribution in [3.8, 4) is 0 Å². The number of fused-ring (bicyclic) bond motifs is 1. The molecule has 1 aromatic carbocycles. The molecule has 1 aromatic rings. The van der Waals surface area contributed by atoms with Crippen molar-refractivity contribution in [3.63, 3.8) is 0 Å². The SMILES string of the molecule is C1=CC(CCCC2CCNCC2)c2ccccc21.CS(=O)(=O)[O-]. The molecule has 0 aromatic heterocycles. The number of nitrogens with one attached hydrogen (secondary N) is 1. The quantitative estimate of drug-likeness (QED) is 0.858. The van der Waals surface area contributed by atoms with Crippen molar-refractivity contribution in [1.29, 1.82) is 0 Å². The van der Waals surface area contributed by atoms with Gasteiger partial charge in [0.25, 0.3) is 0 Å². The van der Waals surface area contributed by atoms with E-state index in [0.29, 0.717) is 12.2 Å². The molecule has 0 radical (unpaired) electrons. The van der Waals surface area contributed by atoms with Crippen LogP contribution in [0.1, 0.15) is 49.1 Å². The van der Waals surface area contributed by atoms with Crippen molar-refractivity contribution in [1.82, 2.24) is 5.32 Å². The van der Waals surface area contributed by atoms with E-state index in [4.69, 9.17) is 13.0 Å². The van der Waals surface area contributed by atoms with Crippen molar-refractivity contribution < 1.29 is 13.0 Å². The molecule has 1 heterocycles. The highest BCUT2D eigenvalue weighted by Gasteiger charge is 2.17. The fourth-order valence-electron chi connectivity index (χ4n) is 3.37. The maximum absolute atomic E-state index is 9.08. The van der Waals surface area contributed by atoms with E-state index in [1.165, 1.54) is 50.8 Å². The van der Waals surface area contributed by atoms with Crippen LogP contribution in [0.5, 0.6) is 0 Å². The highest BCUT2D eigenvalue weighted by molar-refractivity contribution is 7.84. The van der Waals surface area contributed by atoms with Gasteiger partial charge in [0.1, 0.15) is 0 Å². The molecule has 1 atom stereocenters. The van der Waals surface area contributed by atoms with Crippen molar-refractivity contribution in [3.05, 3.63) is 41.5 Å². The van der Waals surface area contributed by atoms with Gasteiger partial charge in [0.15, 0.2) is 0 Å². The Bertz CT molecular complexity index is 611. The smallest absolute Gasteiger partial charge is 0.0916 e. The van der Waals surface area contributed by atoms with Gasteiger partial charge in [-0.25, -0.2) is 8.42 Å². The summed E-state index contributed by atoms with van der Waals surface area (Å²) in [6, 6.07) is 8.84. The predicted octanol–water partition coefficient (Wildman–Crippen LogP) is 3.13. The van der Waals surface area contributed by atoms with Crippen molar-refractivity contribution in [2.24, 2.45) is 5.92 Å². The molecular formula is C18H26NO3S-. The van der Waals surface area contributed by atoms with E-state index in [1.807, 2.05) is 0 Å². The van der Waals surface area contributed by atoms with Gasteiger partial charge in [-0.2, -0.15) is 0 Å². The Balaban J connectivity index is 0.000000338. The van der Waals surface area contributed by atoms with Crippen LogP contribution in [0.25, 0.3) is 6.08 Å². The summed E-state index contributed by atoms with van der Waals surface area (Å²) in [7, 11) is -3.92. The first-order valence-electron chi connectivity index (χ1n) is 8.32. The third kappa shape index (κ3) is 6.85. The Labute approximate surface area is 139 Å². The van der Waals surface area contributed by atoms with E-state index in [0.717, 1.165) is 5.92 Å². The van der Waals surface area contributed by atoms with E-state index in [9.17, 15) is 0 Å². The second kappa shape index (κ2) is 8.62. The molecule has 23 heavy (non-hydrogen) atoms. The fourth-order valence-corrected chi connectivity index (χ4v) is 3.37. The van der Waals surface area contributed by atoms with Gasteiger partial charge in [0.05, 0.1) is 10.1 Å². The van der Waals surface area contributed by atoms with E-state index >= 15 is 0 Å². The lowest BCUT2D eigenvalue weighted by molar-refractivity contribution is 0.342. The molecule has 4 nitrogen and oxygen atoms in total. The summed E-state index contributed by atoms with van der Waals surface area (Å²) >= 11 is 0. The molecule has 0 saturated carbocycles. The monoisotopic (exact) mass is 336 g/mol. The van der Waals surface area contributed by atoms with Crippen molar-refractivity contribution in [2.45, 2.75) is 38.0 Å². The van der Waals surface area contributed by atoms with Gasteiger partial charge in [-0.05, 0) is 49.4 Å². The van der Waals surface area contributed by atoms with Gasteiger partial charge >= 0.3 is 0 Å². The zero-order chi connectivity index (χ0) is 16.7. The molecule has 3 rings (SSSR count). The number of benzene rings is 1. The first-order valence-corrected chi connectivity index (χ1v) is 10.1. The molecule has 1 saturated heterocycles. The highest BCUT2D eigenvalue weighted by Crippen LogP contribution is 2.34. The lowest BCUT2D eigenvalue weighted by Crippen LogP contribution is -2.27. The van der Waals surface area contributed by atoms with Crippen LogP contribution in [-0.2, 0) is 10.1 Å². The second-order valence-electron chi connectivity index (χ2n) is 6.42. The maximum Gasteiger partial charge on any atom is 0.0916 e. The van der Waals surface area contributed by atoms with Crippen molar-refractivity contribution in [2.75, 3.05) is 19.3 Å². The Hall–Kier alpha value is -1.17. The minimum Gasteiger partial charge on any atom is -0.748 e. The van der Waals surface area contributed by atoms with Crippen LogP contribution in [0.15, 0.2) is 30.3 Å². The number of hydrogen-bond donors (Lipinski definition) is 1. The average molecular weight is 336 g/mol. The largest absolute Gasteiger partial charge is 0.748 e. The number of rotatable bonds is 4. The second-order valence-corrected chi connectivity index (χ2v) is 7.83. The minimum absolute atomic E-state index is 0.604. The molecule has 5 heteroatoms. The van der Waals surface area contributed by atoms with Gasteiger partial charge in [-0.1, -0.05) is 49.3 Å². The topological polar surface area (TPSA) is 69.2 Å². The normalized spacial score (nSPS) is 20.7. The summed E-state index contributed by atoms with van der Waals surface area (Å²) in [4.78, 5) is 0. The van der Waals surface area contributed by atoms with Crippen LogP contribution in [-0.4, -0.2) is 32.3 Å². The van der Waals surface area contributed by atoms with E-state index in [2.05, 4.69) is 41.7 Å². The van der Waals surface area contributed by atoms with Gasteiger partial charge < -0.3 is 9.87 Å². The van der Waals surface area contributed by atoms with Crippen LogP contribution in [0.3, 0.4) is 0 Å². The van der Waals surface area contributed by atoms with E-state index in [1.54, 1.807) is 5.56 Å². The van der Waals surface area contributed by atoms with Crippen LogP contribution < -0.4 is 5.32 Å². The van der Waals surface area contributed by atoms with Gasteiger partial charge in [0.2, 0.25) is 0 Å². The summed E-state index contributed by atoms with van der Waals surface area (Å²) in [6.45, 7) is 2.47. The first-order chi connectivity index (χ1) is 10.9. The Morgan fingerprint density at radius 3 is 2.52 bits per heavy atom. The van der Waals surface area contributed by atoms with E-state index < -0.39 is 10.1 Å². The Morgan fingerprint density at radius 1 is 1.17 bits per heavy atom. The summed E-state index contributed by atoms with van der Waals surface area (Å²) in [5.74, 6) is 1.66. The third-order valence-corrected chi connectivity index (χ3v) is 4.49. The summed E-state index contributed by atoms with van der Waals surface area (Å²) in [5.41, 5.74) is 2.98. The van der Waals surface area contributed by atoms with Crippen molar-refractivity contribution >= 4 is 16.2 Å². The zero-order valence-electron chi connectivity index (χ0n) is 13.7. The molecule has 1 aliphatic carbocycles. The van der Waals surface area contributed by atoms with Crippen LogP contribution >= 0.6 is 0 Å². The summed E-state index contributed by atoms with van der Waals surface area (Å²) in [6.07, 6.45) is 12.2. The lowest BCUT2D eigenvalue weighted by atomic mass is 9.89. The standard InChI is InChI=1S/C17H23N.CH4O3S/c1-2-7-17-15(5-1)8-9-16(17)6-3-4-14-10-12-18-13-11-14;1-5(2,3)4/h1-2,5,7-9,14,16,18H,3-4,6,10-13H2;1H3,(H,2,3,4)/p-1. The average Bonchev–Trinajstić information content (AvgIpc) is 2.90. The lowest BCUT2D eigenvalue weighted by Gasteiger charge is -2.23. The first kappa shape index (κ1) is 18.2. The van der Waals surface area contributed by atoms with Gasteiger partial charge in [0, 0.05) is 12.2 Å². The molecule has 2 aliphatic rings. The molecule has 0 spiro atoms. The maximum atomic E-state index is 9.08. The van der Waals surface area contributed by atoms with Crippen LogP contribution in [0.2, 0.25) is 0 Å². The van der Waals surface area contributed by atoms with Gasteiger partial charge in [-0.15, -0.1) is 0 Å². The molecule has 1 unspecified atom stereocenters. The number of hydrogen-bond acceptors (Lipinski definition) is 4. The predicted molar refractivity (Wildman–Crippen MR) is 93.3 cm³/mol. The fraction of sp³-hybridized carbons (Fsp3) is 0.556. The molecule has 0 bridgehead atoms. The molecule has 1 N–H and O–H groups in total. The summed E-state index contributed by atoms with van der Waals surface area (Å²) < 4.78 is 27.2. The third-order valence-electron chi connectivity index (χ3n) is 4.49. The highest BCUT2D eigenvalue weighted by atomic mass is 32.2. The van der Waals surface area contributed by atoms with Crippen LogP contribution in [0, 0.1) is 5.92 Å². The van der Waals surface area contributed by atoms with E-state index in [-0.39, 0.29) is 0 Å². The summed E-state index contributed by atoms with van der Waals surface area (Å²) in [5, 5.41) is 3.45. The Morgan fingerprint density at radius 2 is 1.83 bits per heavy atom. The molecule has 1 aliphatic heterocycles. The zero-order valence-corrected chi connectivity index (χ0v) is 14.5. The number of allylic oxidation sites excluding steroid dienone is 1. The molecule has 1 fully saturated rings. The van der Waals surface area contributed by atoms with Crippen LogP contribution in [0.4, 0.5) is 0 Å². The number of piperidine rings is 1. The molecular weight excluding hydrogens is 310 g/mol.